The second-order valence-electron chi connectivity index (χ2n) is 3.75. The van der Waals surface area contributed by atoms with Crippen LogP contribution >= 0.6 is 0 Å². The third-order valence-electron chi connectivity index (χ3n) is 2.45. The Morgan fingerprint density at radius 3 is 2.20 bits per heavy atom. The van der Waals surface area contributed by atoms with Crippen molar-refractivity contribution in [3.63, 3.8) is 0 Å². The molecule has 1 heterocycles. The number of anilines is 1. The van der Waals surface area contributed by atoms with Crippen LogP contribution in [0.25, 0.3) is 0 Å². The molecule has 8 heteroatoms. The summed E-state index contributed by atoms with van der Waals surface area (Å²) in [5.74, 6) is -1.77. The highest BCUT2D eigenvalue weighted by Gasteiger charge is 2.21. The van der Waals surface area contributed by atoms with Crippen molar-refractivity contribution in [2.75, 3.05) is 32.2 Å². The summed E-state index contributed by atoms with van der Waals surface area (Å²) in [5, 5.41) is 0. The smallest absolute Gasteiger partial charge is 0.325 e. The summed E-state index contributed by atoms with van der Waals surface area (Å²) < 4.78 is 9.08. The number of rotatable bonds is 6. The predicted octanol–water partition coefficient (Wildman–Crippen LogP) is -0.667. The van der Waals surface area contributed by atoms with E-state index in [1.807, 2.05) is 0 Å². The lowest BCUT2D eigenvalue weighted by Crippen LogP contribution is -2.37. The molecule has 2 N–H and O–H groups in total. The van der Waals surface area contributed by atoms with Gasteiger partial charge in [-0.1, -0.05) is 0 Å². The van der Waals surface area contributed by atoms with E-state index >= 15 is 0 Å². The fourth-order valence-electron chi connectivity index (χ4n) is 1.49. The molecule has 0 aliphatic carbocycles. The van der Waals surface area contributed by atoms with E-state index in [0.717, 1.165) is 0 Å². The van der Waals surface area contributed by atoms with Gasteiger partial charge in [-0.2, -0.15) is 0 Å². The number of amides is 1. The van der Waals surface area contributed by atoms with Gasteiger partial charge in [-0.05, 0) is 12.1 Å². The summed E-state index contributed by atoms with van der Waals surface area (Å²) >= 11 is 0. The van der Waals surface area contributed by atoms with Gasteiger partial charge in [0.2, 0.25) is 0 Å². The first kappa shape index (κ1) is 15.4. The number of methoxy groups -OCH3 is 2. The number of pyridine rings is 1. The van der Waals surface area contributed by atoms with Crippen LogP contribution in [0.15, 0.2) is 18.3 Å². The van der Waals surface area contributed by atoms with Crippen molar-refractivity contribution in [2.24, 2.45) is 5.73 Å². The van der Waals surface area contributed by atoms with Crippen molar-refractivity contribution in [1.29, 1.82) is 0 Å². The maximum atomic E-state index is 11.4. The molecule has 1 aromatic heterocycles. The number of esters is 2. The number of hydrogen-bond donors (Lipinski definition) is 1. The van der Waals surface area contributed by atoms with Crippen LogP contribution in [0.3, 0.4) is 0 Å². The van der Waals surface area contributed by atoms with Gasteiger partial charge in [0.25, 0.3) is 5.91 Å². The minimum Gasteiger partial charge on any atom is -0.468 e. The molecule has 1 aromatic rings. The molecule has 108 valence electrons. The molecule has 0 aliphatic rings. The molecule has 0 aliphatic heterocycles. The van der Waals surface area contributed by atoms with Crippen LogP contribution in [0.4, 0.5) is 5.82 Å². The van der Waals surface area contributed by atoms with Crippen molar-refractivity contribution in [2.45, 2.75) is 0 Å². The molecule has 1 amide bonds. The summed E-state index contributed by atoms with van der Waals surface area (Å²) in [5.41, 5.74) is 5.34. The Morgan fingerprint density at radius 2 is 1.75 bits per heavy atom. The zero-order valence-corrected chi connectivity index (χ0v) is 11.2. The molecule has 0 bridgehead atoms. The highest BCUT2D eigenvalue weighted by atomic mass is 16.5. The fraction of sp³-hybridized carbons (Fsp3) is 0.333. The maximum Gasteiger partial charge on any atom is 0.325 e. The van der Waals surface area contributed by atoms with Crippen LogP contribution in [-0.4, -0.2) is 50.1 Å². The van der Waals surface area contributed by atoms with Crippen LogP contribution in [0, 0.1) is 0 Å². The number of carbonyl (C=O) groups excluding carboxylic acids is 3. The standard InChI is InChI=1S/C12H15N3O5/c1-19-9(16)6-15(7-10(17)20-2)12-8(11(13)18)4-3-5-14-12/h3-5H,6-7H2,1-2H3,(H2,13,18). The number of nitrogens with two attached hydrogens (primary N) is 1. The zero-order chi connectivity index (χ0) is 15.1. The number of hydrogen-bond acceptors (Lipinski definition) is 7. The van der Waals surface area contributed by atoms with Crippen molar-refractivity contribution >= 4 is 23.7 Å². The lowest BCUT2D eigenvalue weighted by molar-refractivity contribution is -0.140. The van der Waals surface area contributed by atoms with Gasteiger partial charge in [-0.3, -0.25) is 14.4 Å². The Bertz CT molecular complexity index is 500. The minimum absolute atomic E-state index is 0.0975. The van der Waals surface area contributed by atoms with E-state index in [1.54, 1.807) is 0 Å². The topological polar surface area (TPSA) is 112 Å². The molecule has 0 atom stereocenters. The monoisotopic (exact) mass is 281 g/mol. The molecule has 0 aromatic carbocycles. The first-order valence-corrected chi connectivity index (χ1v) is 5.63. The summed E-state index contributed by atoms with van der Waals surface area (Å²) in [6, 6.07) is 2.98. The van der Waals surface area contributed by atoms with E-state index in [0.29, 0.717) is 0 Å². The molecule has 0 spiro atoms. The van der Waals surface area contributed by atoms with E-state index in [1.165, 1.54) is 37.4 Å². The Morgan fingerprint density at radius 1 is 1.20 bits per heavy atom. The molecular formula is C12H15N3O5. The van der Waals surface area contributed by atoms with Crippen LogP contribution in [-0.2, 0) is 19.1 Å². The summed E-state index contributed by atoms with van der Waals surface area (Å²) in [4.78, 5) is 39.4. The largest absolute Gasteiger partial charge is 0.468 e. The second-order valence-corrected chi connectivity index (χ2v) is 3.75. The van der Waals surface area contributed by atoms with Gasteiger partial charge in [0.05, 0.1) is 19.8 Å². The Balaban J connectivity index is 3.12. The Kier molecular flexibility index (Phi) is 5.45. The zero-order valence-electron chi connectivity index (χ0n) is 11.2. The van der Waals surface area contributed by atoms with Gasteiger partial charge in [-0.15, -0.1) is 0 Å². The van der Waals surface area contributed by atoms with Crippen molar-refractivity contribution in [3.05, 3.63) is 23.9 Å². The van der Waals surface area contributed by atoms with Crippen molar-refractivity contribution in [1.82, 2.24) is 4.98 Å². The van der Waals surface area contributed by atoms with Gasteiger partial charge >= 0.3 is 11.9 Å². The average Bonchev–Trinajstić information content (AvgIpc) is 2.46. The lowest BCUT2D eigenvalue weighted by Gasteiger charge is -2.22. The van der Waals surface area contributed by atoms with E-state index in [-0.39, 0.29) is 24.5 Å². The van der Waals surface area contributed by atoms with E-state index in [9.17, 15) is 14.4 Å². The van der Waals surface area contributed by atoms with E-state index in [2.05, 4.69) is 14.5 Å². The Hall–Kier alpha value is -2.64. The van der Waals surface area contributed by atoms with Gasteiger partial charge in [-0.25, -0.2) is 4.98 Å². The van der Waals surface area contributed by atoms with Gasteiger partial charge in [0.15, 0.2) is 0 Å². The minimum atomic E-state index is -0.715. The number of ether oxygens (including phenoxy) is 2. The lowest BCUT2D eigenvalue weighted by atomic mass is 10.2. The second kappa shape index (κ2) is 7.07. The van der Waals surface area contributed by atoms with Gasteiger partial charge in [0.1, 0.15) is 18.9 Å². The molecule has 1 rings (SSSR count). The van der Waals surface area contributed by atoms with Crippen molar-refractivity contribution < 1.29 is 23.9 Å². The van der Waals surface area contributed by atoms with E-state index < -0.39 is 17.8 Å². The normalized spacial score (nSPS) is 9.70. The predicted molar refractivity (Wildman–Crippen MR) is 69.0 cm³/mol. The van der Waals surface area contributed by atoms with Crippen LogP contribution in [0.1, 0.15) is 10.4 Å². The molecule has 0 saturated heterocycles. The molecule has 0 fully saturated rings. The number of aromatic nitrogens is 1. The fourth-order valence-corrected chi connectivity index (χ4v) is 1.49. The summed E-state index contributed by atoms with van der Waals surface area (Å²) in [6.07, 6.45) is 1.42. The average molecular weight is 281 g/mol. The number of carbonyl (C=O) groups is 3. The highest BCUT2D eigenvalue weighted by Crippen LogP contribution is 2.16. The van der Waals surface area contributed by atoms with Crippen LogP contribution in [0.2, 0.25) is 0 Å². The SMILES string of the molecule is COC(=O)CN(CC(=O)OC)c1ncccc1C(N)=O. The molecule has 20 heavy (non-hydrogen) atoms. The third-order valence-corrected chi connectivity index (χ3v) is 2.45. The van der Waals surface area contributed by atoms with Gasteiger partial charge in [0, 0.05) is 6.20 Å². The molecule has 0 radical (unpaired) electrons. The van der Waals surface area contributed by atoms with Crippen LogP contribution < -0.4 is 10.6 Å². The maximum absolute atomic E-state index is 11.4. The van der Waals surface area contributed by atoms with E-state index in [4.69, 9.17) is 5.73 Å². The summed E-state index contributed by atoms with van der Waals surface area (Å²) in [7, 11) is 2.43. The highest BCUT2D eigenvalue weighted by molar-refractivity contribution is 5.98. The summed E-state index contributed by atoms with van der Waals surface area (Å²) in [6.45, 7) is -0.522. The number of primary amides is 1. The number of nitrogens with zero attached hydrogens (tertiary/aromatic N) is 2. The molecule has 8 nitrogen and oxygen atoms in total. The molecular weight excluding hydrogens is 266 g/mol. The molecule has 0 unspecified atom stereocenters. The quantitative estimate of drug-likeness (QED) is 0.688. The third kappa shape index (κ3) is 3.94. The van der Waals surface area contributed by atoms with Gasteiger partial charge < -0.3 is 20.1 Å². The first-order valence-electron chi connectivity index (χ1n) is 5.63. The first-order chi connectivity index (χ1) is 9.49. The van der Waals surface area contributed by atoms with Crippen LogP contribution in [0.5, 0.6) is 0 Å². The Labute approximate surface area is 115 Å². The molecule has 0 saturated carbocycles. The van der Waals surface area contributed by atoms with Crippen molar-refractivity contribution in [3.8, 4) is 0 Å².